The molecular weight excluding hydrogens is 409 g/mol. The molecule has 3 rings (SSSR count). The number of furan rings is 1. The zero-order chi connectivity index (χ0) is 22.5. The SMILES string of the molecule is CC(=O)NC[C@H]1CN(c2ccc(N(C)Cc3ccc(CCC(=O)O)o3)c(F)c2)C(=O)O1. The Kier molecular flexibility index (Phi) is 6.78. The van der Waals surface area contributed by atoms with Crippen LogP contribution >= 0.6 is 0 Å². The van der Waals surface area contributed by atoms with Crippen molar-refractivity contribution in [3.8, 4) is 0 Å². The molecule has 0 unspecified atom stereocenters. The number of aliphatic carboxylic acids is 1. The molecule has 166 valence electrons. The molecule has 1 saturated heterocycles. The van der Waals surface area contributed by atoms with Crippen LogP contribution in [0.5, 0.6) is 0 Å². The molecule has 2 aromatic rings. The number of nitrogens with zero attached hydrogens (tertiary/aromatic N) is 2. The van der Waals surface area contributed by atoms with Crippen LogP contribution in [0.4, 0.5) is 20.6 Å². The van der Waals surface area contributed by atoms with E-state index in [0.29, 0.717) is 22.9 Å². The Morgan fingerprint density at radius 2 is 2.03 bits per heavy atom. The lowest BCUT2D eigenvalue weighted by Gasteiger charge is -2.20. The van der Waals surface area contributed by atoms with E-state index >= 15 is 0 Å². The third-order valence-electron chi connectivity index (χ3n) is 4.80. The minimum absolute atomic E-state index is 0.0243. The molecule has 1 aliphatic rings. The molecule has 0 bridgehead atoms. The van der Waals surface area contributed by atoms with Gasteiger partial charge in [-0.1, -0.05) is 0 Å². The van der Waals surface area contributed by atoms with E-state index in [2.05, 4.69) is 5.32 Å². The number of carboxylic acid groups (broad SMARTS) is 1. The Labute approximate surface area is 178 Å². The minimum Gasteiger partial charge on any atom is -0.481 e. The molecule has 2 amide bonds. The second-order valence-electron chi connectivity index (χ2n) is 7.31. The monoisotopic (exact) mass is 433 g/mol. The average molecular weight is 433 g/mol. The van der Waals surface area contributed by atoms with Gasteiger partial charge >= 0.3 is 12.1 Å². The third-order valence-corrected chi connectivity index (χ3v) is 4.80. The maximum absolute atomic E-state index is 14.8. The van der Waals surface area contributed by atoms with Crippen LogP contribution in [0.15, 0.2) is 34.7 Å². The molecule has 1 fully saturated rings. The summed E-state index contributed by atoms with van der Waals surface area (Å²) >= 11 is 0. The molecule has 31 heavy (non-hydrogen) atoms. The highest BCUT2D eigenvalue weighted by molar-refractivity contribution is 5.90. The summed E-state index contributed by atoms with van der Waals surface area (Å²) < 4.78 is 25.6. The van der Waals surface area contributed by atoms with Crippen molar-refractivity contribution in [2.24, 2.45) is 0 Å². The lowest BCUT2D eigenvalue weighted by molar-refractivity contribution is -0.137. The van der Waals surface area contributed by atoms with Gasteiger partial charge < -0.3 is 24.5 Å². The molecule has 0 aliphatic carbocycles. The highest BCUT2D eigenvalue weighted by atomic mass is 19.1. The molecule has 0 saturated carbocycles. The van der Waals surface area contributed by atoms with Crippen molar-refractivity contribution in [3.63, 3.8) is 0 Å². The lowest BCUT2D eigenvalue weighted by atomic mass is 10.2. The topological polar surface area (TPSA) is 112 Å². The zero-order valence-corrected chi connectivity index (χ0v) is 17.3. The number of cyclic esters (lactones) is 1. The van der Waals surface area contributed by atoms with Crippen LogP contribution < -0.4 is 15.1 Å². The maximum atomic E-state index is 14.8. The number of rotatable bonds is 9. The normalized spacial score (nSPS) is 15.6. The molecular formula is C21H24FN3O6. The van der Waals surface area contributed by atoms with E-state index in [1.54, 1.807) is 36.2 Å². The first-order chi connectivity index (χ1) is 14.7. The molecule has 2 heterocycles. The Morgan fingerprint density at radius 3 is 2.71 bits per heavy atom. The van der Waals surface area contributed by atoms with Gasteiger partial charge in [0.15, 0.2) is 0 Å². The number of carboxylic acids is 1. The Hall–Kier alpha value is -3.56. The average Bonchev–Trinajstić information content (AvgIpc) is 3.30. The van der Waals surface area contributed by atoms with E-state index in [-0.39, 0.29) is 38.4 Å². The van der Waals surface area contributed by atoms with Crippen molar-refractivity contribution < 1.29 is 33.0 Å². The van der Waals surface area contributed by atoms with Crippen LogP contribution in [0.1, 0.15) is 24.9 Å². The summed E-state index contributed by atoms with van der Waals surface area (Å²) in [5.74, 6) is -0.506. The van der Waals surface area contributed by atoms with Gasteiger partial charge in [0.1, 0.15) is 23.4 Å². The fourth-order valence-electron chi connectivity index (χ4n) is 3.26. The van der Waals surface area contributed by atoms with Gasteiger partial charge in [0.2, 0.25) is 5.91 Å². The summed E-state index contributed by atoms with van der Waals surface area (Å²) in [5, 5.41) is 11.3. The van der Waals surface area contributed by atoms with Crippen molar-refractivity contribution >= 4 is 29.3 Å². The highest BCUT2D eigenvalue weighted by Crippen LogP contribution is 2.28. The number of nitrogens with one attached hydrogen (secondary N) is 1. The molecule has 9 nitrogen and oxygen atoms in total. The first-order valence-electron chi connectivity index (χ1n) is 9.75. The van der Waals surface area contributed by atoms with Crippen LogP contribution in [0, 0.1) is 5.82 Å². The largest absolute Gasteiger partial charge is 0.481 e. The fourth-order valence-corrected chi connectivity index (χ4v) is 3.26. The van der Waals surface area contributed by atoms with Crippen molar-refractivity contribution in [1.82, 2.24) is 5.32 Å². The summed E-state index contributed by atoms with van der Waals surface area (Å²) in [7, 11) is 1.70. The number of hydrogen-bond donors (Lipinski definition) is 2. The lowest BCUT2D eigenvalue weighted by Crippen LogP contribution is -2.33. The van der Waals surface area contributed by atoms with Gasteiger partial charge in [-0.05, 0) is 30.3 Å². The van der Waals surface area contributed by atoms with E-state index in [1.165, 1.54) is 17.9 Å². The van der Waals surface area contributed by atoms with Crippen molar-refractivity contribution in [2.75, 3.05) is 29.9 Å². The maximum Gasteiger partial charge on any atom is 0.414 e. The van der Waals surface area contributed by atoms with E-state index in [1.807, 2.05) is 0 Å². The van der Waals surface area contributed by atoms with Crippen LogP contribution in [0.3, 0.4) is 0 Å². The second kappa shape index (κ2) is 9.50. The van der Waals surface area contributed by atoms with Crippen molar-refractivity contribution in [1.29, 1.82) is 0 Å². The number of ether oxygens (including phenoxy) is 1. The number of anilines is 2. The second-order valence-corrected chi connectivity index (χ2v) is 7.31. The number of benzene rings is 1. The number of halogens is 1. The Bertz CT molecular complexity index is 976. The molecule has 1 aliphatic heterocycles. The van der Waals surface area contributed by atoms with Crippen LogP contribution in [0.2, 0.25) is 0 Å². The summed E-state index contributed by atoms with van der Waals surface area (Å²) in [4.78, 5) is 36.8. The summed E-state index contributed by atoms with van der Waals surface area (Å²) in [6, 6.07) is 7.89. The molecule has 1 atom stereocenters. The van der Waals surface area contributed by atoms with Crippen LogP contribution in [-0.2, 0) is 27.3 Å². The summed E-state index contributed by atoms with van der Waals surface area (Å²) in [5.41, 5.74) is 0.675. The number of amides is 2. The number of aryl methyl sites for hydroxylation is 1. The highest BCUT2D eigenvalue weighted by Gasteiger charge is 2.32. The van der Waals surface area contributed by atoms with Crippen molar-refractivity contribution in [3.05, 3.63) is 47.7 Å². The van der Waals surface area contributed by atoms with E-state index < -0.39 is 24.0 Å². The molecule has 0 radical (unpaired) electrons. The van der Waals surface area contributed by atoms with Crippen molar-refractivity contribution in [2.45, 2.75) is 32.4 Å². The molecule has 2 N–H and O–H groups in total. The van der Waals surface area contributed by atoms with E-state index in [0.717, 1.165) is 0 Å². The van der Waals surface area contributed by atoms with Gasteiger partial charge in [-0.25, -0.2) is 9.18 Å². The van der Waals surface area contributed by atoms with E-state index in [9.17, 15) is 18.8 Å². The number of carbonyl (C=O) groups is 3. The fraction of sp³-hybridized carbons (Fsp3) is 0.381. The summed E-state index contributed by atoms with van der Waals surface area (Å²) in [6.45, 7) is 2.06. The van der Waals surface area contributed by atoms with Gasteiger partial charge in [0, 0.05) is 20.4 Å². The van der Waals surface area contributed by atoms with Gasteiger partial charge in [-0.2, -0.15) is 0 Å². The zero-order valence-electron chi connectivity index (χ0n) is 17.3. The number of hydrogen-bond acceptors (Lipinski definition) is 6. The van der Waals surface area contributed by atoms with E-state index in [4.69, 9.17) is 14.3 Å². The summed E-state index contributed by atoms with van der Waals surface area (Å²) in [6.07, 6.45) is -0.836. The molecule has 10 heteroatoms. The predicted molar refractivity (Wildman–Crippen MR) is 109 cm³/mol. The van der Waals surface area contributed by atoms with Gasteiger partial charge in [-0.3, -0.25) is 14.5 Å². The molecule has 1 aromatic heterocycles. The van der Waals surface area contributed by atoms with Crippen LogP contribution in [0.25, 0.3) is 0 Å². The third kappa shape index (κ3) is 5.74. The predicted octanol–water partition coefficient (Wildman–Crippen LogP) is 2.53. The molecule has 1 aromatic carbocycles. The smallest absolute Gasteiger partial charge is 0.414 e. The quantitative estimate of drug-likeness (QED) is 0.625. The number of carbonyl (C=O) groups excluding carboxylic acids is 2. The van der Waals surface area contributed by atoms with Gasteiger partial charge in [0.25, 0.3) is 0 Å². The first kappa shape index (κ1) is 22.1. The standard InChI is InChI=1S/C21H24FN3O6/c1-13(26)23-10-17-12-25(21(29)31-17)14-3-7-19(18(22)9-14)24(2)11-16-5-4-15(30-16)6-8-20(27)28/h3-5,7,9,17H,6,8,10-12H2,1-2H3,(H,23,26)(H,27,28)/t17-/m0/s1. The Morgan fingerprint density at radius 1 is 1.29 bits per heavy atom. The Balaban J connectivity index is 1.63. The van der Waals surface area contributed by atoms with Gasteiger partial charge in [0.05, 0.1) is 37.4 Å². The first-order valence-corrected chi connectivity index (χ1v) is 9.75. The molecule has 0 spiro atoms. The van der Waals surface area contributed by atoms with Gasteiger partial charge in [-0.15, -0.1) is 0 Å². The minimum atomic E-state index is -0.902. The van der Waals surface area contributed by atoms with Crippen LogP contribution in [-0.4, -0.2) is 49.3 Å².